The van der Waals surface area contributed by atoms with Crippen LogP contribution in [0.15, 0.2) is 23.1 Å². The summed E-state index contributed by atoms with van der Waals surface area (Å²) in [7, 11) is 2.96. The van der Waals surface area contributed by atoms with E-state index in [1.54, 1.807) is 19.2 Å². The van der Waals surface area contributed by atoms with Crippen molar-refractivity contribution in [3.05, 3.63) is 38.8 Å². The van der Waals surface area contributed by atoms with Gasteiger partial charge in [-0.25, -0.2) is 0 Å². The van der Waals surface area contributed by atoms with Gasteiger partial charge >= 0.3 is 5.69 Å². The number of carbonyl (C=O) groups is 1. The summed E-state index contributed by atoms with van der Waals surface area (Å²) < 4.78 is 5.39. The van der Waals surface area contributed by atoms with Crippen LogP contribution in [0.1, 0.15) is 5.56 Å². The number of ether oxygens (including phenoxy) is 1. The monoisotopic (exact) mass is 310 g/mol. The highest BCUT2D eigenvalue weighted by atomic mass is 32.2. The van der Waals surface area contributed by atoms with E-state index in [0.717, 1.165) is 0 Å². The summed E-state index contributed by atoms with van der Waals surface area (Å²) in [6, 6.07) is 4.51. The average molecular weight is 310 g/mol. The summed E-state index contributed by atoms with van der Waals surface area (Å²) in [6.07, 6.45) is 1.58. The number of rotatable bonds is 3. The Bertz CT molecular complexity index is 642. The van der Waals surface area contributed by atoms with Crippen molar-refractivity contribution in [1.82, 2.24) is 4.90 Å². The van der Waals surface area contributed by atoms with Crippen LogP contribution in [0.3, 0.4) is 0 Å². The lowest BCUT2D eigenvalue weighted by Gasteiger charge is -2.04. The molecule has 0 bridgehead atoms. The number of methoxy groups -OCH3 is 1. The van der Waals surface area contributed by atoms with Gasteiger partial charge in [0.05, 0.1) is 16.9 Å². The van der Waals surface area contributed by atoms with Gasteiger partial charge in [-0.1, -0.05) is 30.0 Å². The largest absolute Gasteiger partial charge is 0.490 e. The first-order valence-electron chi connectivity index (χ1n) is 5.48. The van der Waals surface area contributed by atoms with Gasteiger partial charge in [0.2, 0.25) is 0 Å². The third-order valence-corrected chi connectivity index (χ3v) is 4.17. The van der Waals surface area contributed by atoms with Gasteiger partial charge in [0.15, 0.2) is 5.75 Å². The van der Waals surface area contributed by atoms with Crippen molar-refractivity contribution in [2.45, 2.75) is 0 Å². The molecule has 8 heteroatoms. The summed E-state index contributed by atoms with van der Waals surface area (Å²) in [6.45, 7) is 0. The van der Waals surface area contributed by atoms with Crippen molar-refractivity contribution in [2.24, 2.45) is 0 Å². The second-order valence-electron chi connectivity index (χ2n) is 3.93. The van der Waals surface area contributed by atoms with E-state index in [1.807, 2.05) is 0 Å². The molecule has 1 heterocycles. The number of thiocarbonyl (C=S) groups is 1. The molecule has 0 N–H and O–H groups in total. The Hall–Kier alpha value is -1.93. The normalized spacial score (nSPS) is 16.9. The molecule has 0 saturated carbocycles. The molecule has 1 saturated heterocycles. The predicted molar refractivity (Wildman–Crippen MR) is 80.6 cm³/mol. The number of thioether (sulfide) groups is 1. The van der Waals surface area contributed by atoms with Crippen LogP contribution in [0, 0.1) is 10.1 Å². The number of amides is 1. The van der Waals surface area contributed by atoms with Gasteiger partial charge in [-0.2, -0.15) is 0 Å². The average Bonchev–Trinajstić information content (AvgIpc) is 2.66. The fraction of sp³-hybridized carbons (Fsp3) is 0.167. The Morgan fingerprint density at radius 1 is 1.50 bits per heavy atom. The first-order valence-corrected chi connectivity index (χ1v) is 6.70. The third-order valence-electron chi connectivity index (χ3n) is 2.68. The highest BCUT2D eigenvalue weighted by Crippen LogP contribution is 2.33. The molecule has 0 aliphatic carbocycles. The molecule has 2 rings (SSSR count). The number of hydrogen-bond donors (Lipinski definition) is 0. The molecule has 1 aliphatic rings. The first kappa shape index (κ1) is 14.5. The Balaban J connectivity index is 2.40. The van der Waals surface area contributed by atoms with E-state index in [0.29, 0.717) is 14.8 Å². The number of nitro benzene ring substituents is 1. The van der Waals surface area contributed by atoms with Crippen LogP contribution in [-0.4, -0.2) is 34.2 Å². The number of benzene rings is 1. The minimum absolute atomic E-state index is 0.145. The number of nitrogens with zero attached hydrogens (tertiary/aromatic N) is 2. The minimum Gasteiger partial charge on any atom is -0.490 e. The number of likely N-dealkylation sites (N-methyl/N-ethyl adjacent to an activating group) is 1. The topological polar surface area (TPSA) is 72.7 Å². The fourth-order valence-corrected chi connectivity index (χ4v) is 2.82. The number of carbonyl (C=O) groups excluding carboxylic acids is 1. The zero-order chi connectivity index (χ0) is 14.9. The van der Waals surface area contributed by atoms with Gasteiger partial charge in [0.25, 0.3) is 5.91 Å². The van der Waals surface area contributed by atoms with Crippen molar-refractivity contribution in [3.8, 4) is 5.75 Å². The van der Waals surface area contributed by atoms with Gasteiger partial charge in [0, 0.05) is 13.1 Å². The minimum atomic E-state index is -0.527. The maximum absolute atomic E-state index is 11.9. The van der Waals surface area contributed by atoms with E-state index >= 15 is 0 Å². The van der Waals surface area contributed by atoms with E-state index < -0.39 is 4.92 Å². The summed E-state index contributed by atoms with van der Waals surface area (Å²) in [5.41, 5.74) is 0.402. The molecule has 1 fully saturated rings. The van der Waals surface area contributed by atoms with Gasteiger partial charge in [-0.15, -0.1) is 0 Å². The third kappa shape index (κ3) is 2.66. The van der Waals surface area contributed by atoms with Crippen molar-refractivity contribution in [1.29, 1.82) is 0 Å². The van der Waals surface area contributed by atoms with Crippen molar-refractivity contribution < 1.29 is 14.5 Å². The van der Waals surface area contributed by atoms with E-state index in [-0.39, 0.29) is 17.3 Å². The molecule has 20 heavy (non-hydrogen) atoms. The van der Waals surface area contributed by atoms with Crippen LogP contribution in [0.5, 0.6) is 5.75 Å². The second-order valence-corrected chi connectivity index (χ2v) is 5.60. The van der Waals surface area contributed by atoms with Crippen molar-refractivity contribution in [2.75, 3.05) is 14.2 Å². The second kappa shape index (κ2) is 5.59. The molecule has 0 atom stereocenters. The highest BCUT2D eigenvalue weighted by molar-refractivity contribution is 8.26. The Kier molecular flexibility index (Phi) is 4.05. The molecule has 0 aromatic heterocycles. The Morgan fingerprint density at radius 3 is 2.70 bits per heavy atom. The lowest BCUT2D eigenvalue weighted by atomic mass is 10.1. The molecular formula is C12H10N2O4S2. The molecule has 1 aliphatic heterocycles. The van der Waals surface area contributed by atoms with E-state index in [4.69, 9.17) is 17.0 Å². The summed E-state index contributed by atoms with van der Waals surface area (Å²) >= 11 is 6.19. The highest BCUT2D eigenvalue weighted by Gasteiger charge is 2.28. The molecule has 6 nitrogen and oxygen atoms in total. The molecule has 104 valence electrons. The molecular weight excluding hydrogens is 300 g/mol. The predicted octanol–water partition coefficient (Wildman–Crippen LogP) is 2.43. The summed E-state index contributed by atoms with van der Waals surface area (Å²) in [5.74, 6) is -0.0336. The lowest BCUT2D eigenvalue weighted by Crippen LogP contribution is -2.22. The van der Waals surface area contributed by atoms with Crippen LogP contribution < -0.4 is 4.74 Å². The van der Waals surface area contributed by atoms with Gasteiger partial charge in [-0.05, 0) is 17.7 Å². The molecule has 0 spiro atoms. The van der Waals surface area contributed by atoms with Crippen LogP contribution in [0.25, 0.3) is 6.08 Å². The summed E-state index contributed by atoms with van der Waals surface area (Å²) in [5, 5.41) is 10.9. The van der Waals surface area contributed by atoms with Gasteiger partial charge < -0.3 is 4.74 Å². The molecule has 1 aromatic carbocycles. The number of hydrogen-bond acceptors (Lipinski definition) is 6. The molecule has 0 radical (unpaired) electrons. The quantitative estimate of drug-likeness (QED) is 0.369. The van der Waals surface area contributed by atoms with Crippen LogP contribution in [0.4, 0.5) is 5.69 Å². The summed E-state index contributed by atoms with van der Waals surface area (Å²) in [4.78, 5) is 24.1. The molecule has 1 aromatic rings. The zero-order valence-electron chi connectivity index (χ0n) is 10.7. The van der Waals surface area contributed by atoms with Gasteiger partial charge in [0.1, 0.15) is 4.32 Å². The lowest BCUT2D eigenvalue weighted by molar-refractivity contribution is -0.385. The zero-order valence-corrected chi connectivity index (χ0v) is 12.3. The maximum atomic E-state index is 11.9. The van der Waals surface area contributed by atoms with E-state index in [2.05, 4.69) is 0 Å². The standard InChI is InChI=1S/C12H10N2O4S2/c1-13-11(15)10(20-12(13)19)6-7-3-4-9(18-2)8(5-7)14(16)17/h3-6H,1-2H3/b10-6-. The Morgan fingerprint density at radius 2 is 2.20 bits per heavy atom. The van der Waals surface area contributed by atoms with Crippen LogP contribution in [0.2, 0.25) is 0 Å². The Labute approximate surface area is 124 Å². The van der Waals surface area contributed by atoms with Gasteiger partial charge in [-0.3, -0.25) is 19.8 Å². The van der Waals surface area contributed by atoms with Crippen LogP contribution >= 0.6 is 24.0 Å². The first-order chi connectivity index (χ1) is 9.43. The number of nitro groups is 1. The van der Waals surface area contributed by atoms with Crippen LogP contribution in [-0.2, 0) is 4.79 Å². The van der Waals surface area contributed by atoms with E-state index in [9.17, 15) is 14.9 Å². The van der Waals surface area contributed by atoms with E-state index in [1.165, 1.54) is 35.9 Å². The molecule has 0 unspecified atom stereocenters. The smallest absolute Gasteiger partial charge is 0.311 e. The van der Waals surface area contributed by atoms with Crippen molar-refractivity contribution in [3.63, 3.8) is 0 Å². The molecule has 1 amide bonds. The fourth-order valence-electron chi connectivity index (χ4n) is 1.64. The SMILES string of the molecule is COc1ccc(/C=C2\SC(=S)N(C)C2=O)cc1[N+](=O)[O-]. The maximum Gasteiger partial charge on any atom is 0.311 e. The van der Waals surface area contributed by atoms with Crippen molar-refractivity contribution >= 4 is 46.0 Å².